The number of carboxylic acid groups (broad SMARTS) is 1. The third kappa shape index (κ3) is 3.56. The van der Waals surface area contributed by atoms with Gasteiger partial charge in [-0.3, -0.25) is 0 Å². The molecule has 0 saturated carbocycles. The zero-order valence-electron chi connectivity index (χ0n) is 11.4. The van der Waals surface area contributed by atoms with Gasteiger partial charge < -0.3 is 15.3 Å². The van der Waals surface area contributed by atoms with Gasteiger partial charge in [-0.2, -0.15) is 13.2 Å². The monoisotopic (exact) mass is 303 g/mol. The first-order chi connectivity index (χ1) is 9.79. The predicted molar refractivity (Wildman–Crippen MR) is 70.1 cm³/mol. The van der Waals surface area contributed by atoms with Crippen LogP contribution in [0, 0.1) is 0 Å². The summed E-state index contributed by atoms with van der Waals surface area (Å²) in [5, 5.41) is 12.1. The minimum Gasteiger partial charge on any atom is -0.465 e. The number of nitrogens with one attached hydrogen (secondary N) is 1. The lowest BCUT2D eigenvalue weighted by Gasteiger charge is -2.38. The second-order valence-corrected chi connectivity index (χ2v) is 5.04. The van der Waals surface area contributed by atoms with Crippen LogP contribution in [-0.4, -0.2) is 39.7 Å². The molecule has 1 fully saturated rings. The first-order valence-electron chi connectivity index (χ1n) is 6.58. The molecule has 1 saturated heterocycles. The zero-order valence-corrected chi connectivity index (χ0v) is 11.4. The Morgan fingerprint density at radius 1 is 1.48 bits per heavy atom. The van der Waals surface area contributed by atoms with Crippen LogP contribution in [0.25, 0.3) is 0 Å². The molecular formula is C13H16F3N3O2. The van der Waals surface area contributed by atoms with Gasteiger partial charge in [0.25, 0.3) is 0 Å². The van der Waals surface area contributed by atoms with Gasteiger partial charge in [0.1, 0.15) is 5.82 Å². The number of piperidine rings is 1. The maximum absolute atomic E-state index is 12.4. The Bertz CT molecular complexity index is 504. The molecule has 0 aromatic carbocycles. The van der Waals surface area contributed by atoms with Crippen LogP contribution in [0.2, 0.25) is 0 Å². The van der Waals surface area contributed by atoms with Crippen molar-refractivity contribution < 1.29 is 23.1 Å². The highest BCUT2D eigenvalue weighted by atomic mass is 19.4. The molecule has 1 aliphatic heterocycles. The summed E-state index contributed by atoms with van der Waals surface area (Å²) in [6.45, 7) is 2.24. The molecule has 2 heterocycles. The van der Waals surface area contributed by atoms with Crippen molar-refractivity contribution in [1.82, 2.24) is 9.88 Å². The van der Waals surface area contributed by atoms with E-state index in [2.05, 4.69) is 10.3 Å². The summed E-state index contributed by atoms with van der Waals surface area (Å²) in [4.78, 5) is 16.1. The third-order valence-electron chi connectivity index (χ3n) is 3.66. The Balaban J connectivity index is 2.05. The molecule has 8 heteroatoms. The van der Waals surface area contributed by atoms with Crippen molar-refractivity contribution in [2.45, 2.75) is 38.0 Å². The molecule has 0 unspecified atom stereocenters. The molecule has 1 aliphatic rings. The number of nitrogens with zero attached hydrogens (tertiary/aromatic N) is 2. The Morgan fingerprint density at radius 2 is 2.19 bits per heavy atom. The van der Waals surface area contributed by atoms with E-state index >= 15 is 0 Å². The SMILES string of the molecule is C[C@H]1[C@H](Nc2ccc(C(F)(F)F)cn2)CCCN1C(=O)O. The summed E-state index contributed by atoms with van der Waals surface area (Å²) in [6.07, 6.45) is -3.19. The molecular weight excluding hydrogens is 287 g/mol. The lowest BCUT2D eigenvalue weighted by Crippen LogP contribution is -2.51. The summed E-state index contributed by atoms with van der Waals surface area (Å²) in [7, 11) is 0. The first-order valence-corrected chi connectivity index (χ1v) is 6.58. The van der Waals surface area contributed by atoms with E-state index in [0.717, 1.165) is 18.7 Å². The minimum absolute atomic E-state index is 0.168. The van der Waals surface area contributed by atoms with Crippen LogP contribution in [0.15, 0.2) is 18.3 Å². The van der Waals surface area contributed by atoms with Crippen molar-refractivity contribution in [3.05, 3.63) is 23.9 Å². The Morgan fingerprint density at radius 3 is 2.71 bits per heavy atom. The first kappa shape index (κ1) is 15.4. The van der Waals surface area contributed by atoms with Crippen molar-refractivity contribution in [3.63, 3.8) is 0 Å². The van der Waals surface area contributed by atoms with Crippen molar-refractivity contribution in [2.24, 2.45) is 0 Å². The maximum atomic E-state index is 12.4. The highest BCUT2D eigenvalue weighted by Gasteiger charge is 2.32. The van der Waals surface area contributed by atoms with E-state index in [0.29, 0.717) is 18.8 Å². The fourth-order valence-electron chi connectivity index (χ4n) is 2.44. The largest absolute Gasteiger partial charge is 0.465 e. The molecule has 2 atom stereocenters. The number of anilines is 1. The number of hydrogen-bond acceptors (Lipinski definition) is 3. The Kier molecular flexibility index (Phi) is 4.24. The number of amides is 1. The lowest BCUT2D eigenvalue weighted by atomic mass is 9.98. The standard InChI is InChI=1S/C13H16F3N3O2/c1-8-10(3-2-6-19(8)12(20)21)18-11-5-4-9(7-17-11)13(14,15)16/h4-5,7-8,10H,2-3,6H2,1H3,(H,17,18)(H,20,21)/t8-,10+/m0/s1. The van der Waals surface area contributed by atoms with E-state index in [1.54, 1.807) is 6.92 Å². The number of halogens is 3. The van der Waals surface area contributed by atoms with Crippen molar-refractivity contribution in [2.75, 3.05) is 11.9 Å². The van der Waals surface area contributed by atoms with Gasteiger partial charge in [0.2, 0.25) is 0 Å². The Labute approximate surface area is 119 Å². The van der Waals surface area contributed by atoms with Crippen LogP contribution in [-0.2, 0) is 6.18 Å². The molecule has 0 aliphatic carbocycles. The number of alkyl halides is 3. The lowest BCUT2D eigenvalue weighted by molar-refractivity contribution is -0.137. The van der Waals surface area contributed by atoms with Crippen molar-refractivity contribution in [3.8, 4) is 0 Å². The van der Waals surface area contributed by atoms with Gasteiger partial charge in [0, 0.05) is 18.8 Å². The molecule has 116 valence electrons. The molecule has 0 radical (unpaired) electrons. The Hall–Kier alpha value is -1.99. The smallest absolute Gasteiger partial charge is 0.417 e. The van der Waals surface area contributed by atoms with E-state index in [1.165, 1.54) is 11.0 Å². The fourth-order valence-corrected chi connectivity index (χ4v) is 2.44. The fraction of sp³-hybridized carbons (Fsp3) is 0.538. The molecule has 0 spiro atoms. The van der Waals surface area contributed by atoms with Gasteiger partial charge in [0.15, 0.2) is 0 Å². The normalized spacial score (nSPS) is 23.0. The van der Waals surface area contributed by atoms with Crippen LogP contribution in [0.4, 0.5) is 23.8 Å². The molecule has 2 N–H and O–H groups in total. The zero-order chi connectivity index (χ0) is 15.6. The van der Waals surface area contributed by atoms with Crippen LogP contribution < -0.4 is 5.32 Å². The van der Waals surface area contributed by atoms with Gasteiger partial charge in [-0.15, -0.1) is 0 Å². The molecule has 1 aromatic heterocycles. The van der Waals surface area contributed by atoms with E-state index in [1.807, 2.05) is 0 Å². The van der Waals surface area contributed by atoms with Gasteiger partial charge in [-0.1, -0.05) is 0 Å². The van der Waals surface area contributed by atoms with E-state index in [4.69, 9.17) is 5.11 Å². The van der Waals surface area contributed by atoms with Gasteiger partial charge in [-0.25, -0.2) is 9.78 Å². The summed E-state index contributed by atoms with van der Waals surface area (Å²) in [6, 6.07) is 1.78. The summed E-state index contributed by atoms with van der Waals surface area (Å²) < 4.78 is 37.3. The van der Waals surface area contributed by atoms with Crippen LogP contribution in [0.5, 0.6) is 0 Å². The molecule has 1 aromatic rings. The number of rotatable bonds is 2. The quantitative estimate of drug-likeness (QED) is 0.881. The van der Waals surface area contributed by atoms with Crippen LogP contribution in [0.1, 0.15) is 25.3 Å². The number of hydrogen-bond donors (Lipinski definition) is 2. The van der Waals surface area contributed by atoms with Crippen molar-refractivity contribution >= 4 is 11.9 Å². The predicted octanol–water partition coefficient (Wildman–Crippen LogP) is 3.04. The summed E-state index contributed by atoms with van der Waals surface area (Å²) in [5.41, 5.74) is -0.808. The second kappa shape index (κ2) is 5.79. The van der Waals surface area contributed by atoms with Gasteiger partial charge in [0.05, 0.1) is 11.6 Å². The number of pyridine rings is 1. The van der Waals surface area contributed by atoms with E-state index < -0.39 is 17.8 Å². The van der Waals surface area contributed by atoms with Crippen LogP contribution in [0.3, 0.4) is 0 Å². The second-order valence-electron chi connectivity index (χ2n) is 5.04. The number of aromatic nitrogens is 1. The summed E-state index contributed by atoms with van der Waals surface area (Å²) >= 11 is 0. The average molecular weight is 303 g/mol. The molecule has 5 nitrogen and oxygen atoms in total. The summed E-state index contributed by atoms with van der Waals surface area (Å²) in [5.74, 6) is 0.312. The van der Waals surface area contributed by atoms with E-state index in [9.17, 15) is 18.0 Å². The number of carbonyl (C=O) groups is 1. The topological polar surface area (TPSA) is 65.5 Å². The number of likely N-dealkylation sites (tertiary alicyclic amines) is 1. The minimum atomic E-state index is -4.41. The molecule has 1 amide bonds. The highest BCUT2D eigenvalue weighted by Crippen LogP contribution is 2.29. The highest BCUT2D eigenvalue weighted by molar-refractivity contribution is 5.65. The molecule has 2 rings (SSSR count). The van der Waals surface area contributed by atoms with Crippen molar-refractivity contribution in [1.29, 1.82) is 0 Å². The maximum Gasteiger partial charge on any atom is 0.417 e. The molecule has 21 heavy (non-hydrogen) atoms. The third-order valence-corrected chi connectivity index (χ3v) is 3.66. The van der Waals surface area contributed by atoms with Gasteiger partial charge >= 0.3 is 12.3 Å². The molecule has 0 bridgehead atoms. The van der Waals surface area contributed by atoms with Gasteiger partial charge in [-0.05, 0) is 31.9 Å². The average Bonchev–Trinajstić information content (AvgIpc) is 2.40. The van der Waals surface area contributed by atoms with Crippen LogP contribution >= 0.6 is 0 Å². The van der Waals surface area contributed by atoms with E-state index in [-0.39, 0.29) is 12.1 Å².